The van der Waals surface area contributed by atoms with E-state index in [0.29, 0.717) is 30.3 Å². The Morgan fingerprint density at radius 2 is 1.83 bits per heavy atom. The first-order chi connectivity index (χ1) is 16.2. The van der Waals surface area contributed by atoms with Crippen LogP contribution in [0.4, 0.5) is 4.79 Å². The highest BCUT2D eigenvalue weighted by atomic mass is 16.6. The zero-order valence-electron chi connectivity index (χ0n) is 20.0. The van der Waals surface area contributed by atoms with Crippen LogP contribution in [0.25, 0.3) is 5.65 Å². The number of carbonyl (C=O) groups is 2. The highest BCUT2D eigenvalue weighted by molar-refractivity contribution is 5.85. The fourth-order valence-corrected chi connectivity index (χ4v) is 3.14. The van der Waals surface area contributed by atoms with Crippen molar-refractivity contribution in [2.75, 3.05) is 20.2 Å². The van der Waals surface area contributed by atoms with Crippen LogP contribution >= 0.6 is 0 Å². The fourth-order valence-electron chi connectivity index (χ4n) is 3.14. The molecule has 0 bridgehead atoms. The summed E-state index contributed by atoms with van der Waals surface area (Å²) in [5.41, 5.74) is 7.13. The van der Waals surface area contributed by atoms with Gasteiger partial charge in [0.2, 0.25) is 5.91 Å². The van der Waals surface area contributed by atoms with E-state index >= 15 is 0 Å². The number of fused-ring (bicyclic) bond motifs is 1. The van der Waals surface area contributed by atoms with Crippen molar-refractivity contribution in [1.82, 2.24) is 24.8 Å². The Bertz CT molecular complexity index is 1110. The molecule has 190 valence electrons. The van der Waals surface area contributed by atoms with E-state index in [1.165, 1.54) is 4.90 Å². The Hall–Kier alpha value is -3.50. The Morgan fingerprint density at radius 3 is 2.49 bits per heavy atom. The lowest BCUT2D eigenvalue weighted by Gasteiger charge is -2.24. The monoisotopic (exact) mass is 484 g/mol. The Kier molecular flexibility index (Phi) is 9.73. The van der Waals surface area contributed by atoms with Gasteiger partial charge in [0, 0.05) is 13.6 Å². The second-order valence-electron chi connectivity index (χ2n) is 8.59. The van der Waals surface area contributed by atoms with E-state index in [1.54, 1.807) is 31.4 Å². The number of ether oxygens (including phenoxy) is 2. The molecule has 3 N–H and O–H groups in total. The van der Waals surface area contributed by atoms with Gasteiger partial charge < -0.3 is 25.4 Å². The molecule has 0 aliphatic heterocycles. The highest BCUT2D eigenvalue weighted by Gasteiger charge is 2.28. The number of amides is 2. The third-order valence-electron chi connectivity index (χ3n) is 5.26. The topological polar surface area (TPSA) is 124 Å². The number of nitrogens with one attached hydrogen (secondary N) is 1. The molecule has 0 fully saturated rings. The van der Waals surface area contributed by atoms with Crippen molar-refractivity contribution < 1.29 is 19.1 Å². The van der Waals surface area contributed by atoms with Gasteiger partial charge in [-0.05, 0) is 38.5 Å². The van der Waals surface area contributed by atoms with Gasteiger partial charge in [-0.3, -0.25) is 9.20 Å². The quantitative estimate of drug-likeness (QED) is 0.453. The maximum absolute atomic E-state index is 12.7. The average Bonchev–Trinajstić information content (AvgIpc) is 3.26. The summed E-state index contributed by atoms with van der Waals surface area (Å²) in [4.78, 5) is 26.3. The molecule has 0 spiro atoms. The standard InChI is InChI=1S/C24H32N6O4.CH4/c1-5-29(4)23(32)34-15-18-12-9-13-20-27-28-21(30(18)20)19(26-22(31)24(2,3)25)16-33-14-17-10-7-6-8-11-17;/h6-13,19H,5,14-16,25H2,1-4H3,(H,26,31);1H4/t19-;/m1./s1. The summed E-state index contributed by atoms with van der Waals surface area (Å²) < 4.78 is 13.1. The zero-order valence-corrected chi connectivity index (χ0v) is 20.0. The first kappa shape index (κ1) is 27.7. The van der Waals surface area contributed by atoms with E-state index in [9.17, 15) is 9.59 Å². The van der Waals surface area contributed by atoms with Gasteiger partial charge in [0.25, 0.3) is 0 Å². The molecule has 0 saturated carbocycles. The molecule has 3 aromatic rings. The van der Waals surface area contributed by atoms with E-state index < -0.39 is 17.7 Å². The van der Waals surface area contributed by atoms with Crippen LogP contribution in [0.3, 0.4) is 0 Å². The molecule has 10 heteroatoms. The summed E-state index contributed by atoms with van der Waals surface area (Å²) in [6.45, 7) is 6.17. The van der Waals surface area contributed by atoms with Gasteiger partial charge in [-0.2, -0.15) is 0 Å². The van der Waals surface area contributed by atoms with E-state index in [0.717, 1.165) is 5.56 Å². The van der Waals surface area contributed by atoms with Crippen LogP contribution in [-0.4, -0.2) is 57.2 Å². The lowest BCUT2D eigenvalue weighted by Crippen LogP contribution is -2.51. The molecule has 0 saturated heterocycles. The maximum atomic E-state index is 12.7. The van der Waals surface area contributed by atoms with Gasteiger partial charge >= 0.3 is 6.09 Å². The van der Waals surface area contributed by atoms with Crippen LogP contribution in [0, 0.1) is 0 Å². The summed E-state index contributed by atoms with van der Waals surface area (Å²) in [5, 5.41) is 11.5. The minimum atomic E-state index is -1.10. The number of carbonyl (C=O) groups excluding carboxylic acids is 2. The Labute approximate surface area is 206 Å². The third kappa shape index (κ3) is 7.24. The molecule has 35 heavy (non-hydrogen) atoms. The van der Waals surface area contributed by atoms with Gasteiger partial charge in [-0.25, -0.2) is 4.79 Å². The minimum absolute atomic E-state index is 0. The van der Waals surface area contributed by atoms with E-state index in [-0.39, 0.29) is 26.5 Å². The van der Waals surface area contributed by atoms with E-state index in [1.807, 2.05) is 49.4 Å². The molecule has 2 aromatic heterocycles. The molecule has 0 aliphatic carbocycles. The van der Waals surface area contributed by atoms with Crippen molar-refractivity contribution in [3.8, 4) is 0 Å². The van der Waals surface area contributed by atoms with Gasteiger partial charge in [0.15, 0.2) is 11.5 Å². The molecule has 0 aliphatic rings. The molecule has 1 aromatic carbocycles. The Morgan fingerprint density at radius 1 is 1.11 bits per heavy atom. The van der Waals surface area contributed by atoms with Crippen LogP contribution in [0.5, 0.6) is 0 Å². The predicted octanol–water partition coefficient (Wildman–Crippen LogP) is 3.07. The number of hydrogen-bond donors (Lipinski definition) is 2. The predicted molar refractivity (Wildman–Crippen MR) is 133 cm³/mol. The number of nitrogens with zero attached hydrogens (tertiary/aromatic N) is 4. The number of benzene rings is 1. The second-order valence-corrected chi connectivity index (χ2v) is 8.59. The summed E-state index contributed by atoms with van der Waals surface area (Å²) in [7, 11) is 1.66. The fraction of sp³-hybridized carbons (Fsp3) is 0.440. The van der Waals surface area contributed by atoms with Crippen LogP contribution in [0.1, 0.15) is 51.3 Å². The average molecular weight is 485 g/mol. The highest BCUT2D eigenvalue weighted by Crippen LogP contribution is 2.18. The number of aromatic nitrogens is 3. The summed E-state index contributed by atoms with van der Waals surface area (Å²) in [6, 6.07) is 14.5. The zero-order chi connectivity index (χ0) is 24.7. The van der Waals surface area contributed by atoms with Crippen LogP contribution in [0.15, 0.2) is 48.5 Å². The van der Waals surface area contributed by atoms with Gasteiger partial charge in [0.05, 0.1) is 24.4 Å². The summed E-state index contributed by atoms with van der Waals surface area (Å²) in [5.74, 6) is 0.0993. The van der Waals surface area contributed by atoms with Gasteiger partial charge in [-0.1, -0.05) is 43.8 Å². The minimum Gasteiger partial charge on any atom is -0.443 e. The van der Waals surface area contributed by atoms with Crippen molar-refractivity contribution in [1.29, 1.82) is 0 Å². The Balaban J connectivity index is 0.00000432. The molecule has 2 amide bonds. The molecular weight excluding hydrogens is 448 g/mol. The van der Waals surface area contributed by atoms with E-state index in [4.69, 9.17) is 15.2 Å². The first-order valence-electron chi connectivity index (χ1n) is 11.1. The summed E-state index contributed by atoms with van der Waals surface area (Å²) in [6.07, 6.45) is -0.435. The first-order valence-corrected chi connectivity index (χ1v) is 11.1. The van der Waals surface area contributed by atoms with Crippen molar-refractivity contribution >= 4 is 17.6 Å². The maximum Gasteiger partial charge on any atom is 0.409 e. The lowest BCUT2D eigenvalue weighted by molar-refractivity contribution is -0.126. The molecule has 1 atom stereocenters. The lowest BCUT2D eigenvalue weighted by atomic mass is 10.1. The van der Waals surface area contributed by atoms with Crippen LogP contribution < -0.4 is 11.1 Å². The molecule has 2 heterocycles. The molecule has 0 radical (unpaired) electrons. The molecule has 0 unspecified atom stereocenters. The van der Waals surface area contributed by atoms with Crippen molar-refractivity contribution in [3.63, 3.8) is 0 Å². The summed E-state index contributed by atoms with van der Waals surface area (Å²) >= 11 is 0. The van der Waals surface area contributed by atoms with Crippen molar-refractivity contribution in [2.24, 2.45) is 5.73 Å². The number of hydrogen-bond acceptors (Lipinski definition) is 7. The van der Waals surface area contributed by atoms with Gasteiger partial charge in [0.1, 0.15) is 12.6 Å². The largest absolute Gasteiger partial charge is 0.443 e. The smallest absolute Gasteiger partial charge is 0.409 e. The molecule has 3 rings (SSSR count). The SMILES string of the molecule is C.CCN(C)C(=O)OCc1cccc2nnc([C@@H](COCc3ccccc3)NC(=O)C(C)(C)N)n12. The number of rotatable bonds is 10. The third-order valence-corrected chi connectivity index (χ3v) is 5.26. The van der Waals surface area contributed by atoms with Gasteiger partial charge in [-0.15, -0.1) is 10.2 Å². The number of pyridine rings is 1. The van der Waals surface area contributed by atoms with Crippen molar-refractivity contribution in [2.45, 2.75) is 53.0 Å². The molecular formula is C25H36N6O4. The second kappa shape index (κ2) is 12.3. The molecule has 10 nitrogen and oxygen atoms in total. The van der Waals surface area contributed by atoms with Crippen molar-refractivity contribution in [3.05, 3.63) is 65.6 Å². The van der Waals surface area contributed by atoms with E-state index in [2.05, 4.69) is 15.5 Å². The normalized spacial score (nSPS) is 12.0. The number of nitrogens with two attached hydrogens (primary N) is 1. The van der Waals surface area contributed by atoms with Crippen LogP contribution in [0.2, 0.25) is 0 Å². The van der Waals surface area contributed by atoms with Crippen LogP contribution in [-0.2, 0) is 27.5 Å².